The third kappa shape index (κ3) is 15.2. The number of nitro benzene ring substituents is 1. The summed E-state index contributed by atoms with van der Waals surface area (Å²) in [6.45, 7) is 14.7. The molecule has 0 saturated heterocycles. The van der Waals surface area contributed by atoms with Crippen LogP contribution in [0.5, 0.6) is 5.75 Å². The molecule has 2 N–H and O–H groups in total. The largest absolute Gasteiger partial charge is 0.444 e. The molecule has 35 heavy (non-hydrogen) atoms. The van der Waals surface area contributed by atoms with Gasteiger partial charge in [-0.1, -0.05) is 13.8 Å². The minimum Gasteiger partial charge on any atom is -0.444 e. The van der Waals surface area contributed by atoms with Gasteiger partial charge in [0.05, 0.1) is 4.92 Å². The number of hydrogen-bond donors (Lipinski definition) is 2. The highest BCUT2D eigenvalue weighted by Crippen LogP contribution is 2.18. The standard InChI is InChI=1S/C22H33N3O8.C2H6/c1-21(2,3)32-19(27)23-14-8-7-9-17(24-20(28)33-22(4,5)6)18(26)31-16-12-10-15(11-13-16)25(29)30;1-2/h10-13,17H,7-9,14H2,1-6H3,(H,23,27)(H,24,28);1-2H3/t17-;/m0./s1. The highest BCUT2D eigenvalue weighted by molar-refractivity contribution is 5.83. The zero-order chi connectivity index (χ0) is 27.2. The van der Waals surface area contributed by atoms with E-state index in [1.165, 1.54) is 24.3 Å². The lowest BCUT2D eigenvalue weighted by Crippen LogP contribution is -2.45. The summed E-state index contributed by atoms with van der Waals surface area (Å²) in [6.07, 6.45) is -0.0907. The van der Waals surface area contributed by atoms with Crippen LogP contribution in [0.4, 0.5) is 15.3 Å². The van der Waals surface area contributed by atoms with Crippen molar-refractivity contribution >= 4 is 23.8 Å². The number of nitro groups is 1. The second-order valence-electron chi connectivity index (χ2n) is 9.30. The van der Waals surface area contributed by atoms with Crippen molar-refractivity contribution in [1.82, 2.24) is 10.6 Å². The van der Waals surface area contributed by atoms with Crippen LogP contribution in [0.1, 0.15) is 74.7 Å². The van der Waals surface area contributed by atoms with Gasteiger partial charge in [0.15, 0.2) is 0 Å². The van der Waals surface area contributed by atoms with E-state index in [0.717, 1.165) is 0 Å². The van der Waals surface area contributed by atoms with Crippen LogP contribution in [0.2, 0.25) is 0 Å². The molecule has 1 aromatic carbocycles. The third-order valence-electron chi connectivity index (χ3n) is 3.83. The zero-order valence-corrected chi connectivity index (χ0v) is 21.9. The normalized spacial score (nSPS) is 11.8. The molecule has 11 nitrogen and oxygen atoms in total. The van der Waals surface area contributed by atoms with E-state index in [-0.39, 0.29) is 17.9 Å². The molecule has 0 aliphatic carbocycles. The van der Waals surface area contributed by atoms with Crippen LogP contribution in [0.15, 0.2) is 24.3 Å². The average molecular weight is 498 g/mol. The maximum atomic E-state index is 12.6. The first kappa shape index (κ1) is 31.6. The van der Waals surface area contributed by atoms with Crippen LogP contribution in [0, 0.1) is 10.1 Å². The quantitative estimate of drug-likeness (QED) is 0.157. The summed E-state index contributed by atoms with van der Waals surface area (Å²) < 4.78 is 15.6. The van der Waals surface area contributed by atoms with Crippen molar-refractivity contribution in [1.29, 1.82) is 0 Å². The zero-order valence-electron chi connectivity index (χ0n) is 21.9. The summed E-state index contributed by atoms with van der Waals surface area (Å²) in [5.74, 6) is -0.636. The van der Waals surface area contributed by atoms with E-state index < -0.39 is 40.3 Å². The maximum Gasteiger partial charge on any atom is 0.408 e. The van der Waals surface area contributed by atoms with Gasteiger partial charge in [0, 0.05) is 18.7 Å². The third-order valence-corrected chi connectivity index (χ3v) is 3.83. The number of alkyl carbamates (subject to hydrolysis) is 2. The van der Waals surface area contributed by atoms with Gasteiger partial charge >= 0.3 is 18.2 Å². The van der Waals surface area contributed by atoms with Gasteiger partial charge in [-0.3, -0.25) is 10.1 Å². The SMILES string of the molecule is CC.CC(C)(C)OC(=O)NCCCC[C@H](NC(=O)OC(C)(C)C)C(=O)Oc1ccc([N+](=O)[O-])cc1. The number of nitrogens with one attached hydrogen (secondary N) is 2. The van der Waals surface area contributed by atoms with Crippen molar-refractivity contribution < 1.29 is 33.5 Å². The summed E-state index contributed by atoms with van der Waals surface area (Å²) in [7, 11) is 0. The molecule has 0 radical (unpaired) electrons. The Kier molecular flexibility index (Phi) is 13.4. The van der Waals surface area contributed by atoms with Gasteiger partial charge in [0.2, 0.25) is 0 Å². The molecule has 0 unspecified atom stereocenters. The van der Waals surface area contributed by atoms with Gasteiger partial charge in [-0.15, -0.1) is 0 Å². The lowest BCUT2D eigenvalue weighted by molar-refractivity contribution is -0.384. The van der Waals surface area contributed by atoms with Gasteiger partial charge in [-0.05, 0) is 72.9 Å². The van der Waals surface area contributed by atoms with Crippen LogP contribution in [-0.4, -0.2) is 46.9 Å². The first-order valence-electron chi connectivity index (χ1n) is 11.6. The summed E-state index contributed by atoms with van der Waals surface area (Å²) in [5, 5.41) is 15.9. The molecule has 1 atom stereocenters. The number of non-ortho nitro benzene ring substituents is 1. The number of hydrogen-bond acceptors (Lipinski definition) is 8. The predicted octanol–water partition coefficient (Wildman–Crippen LogP) is 5.11. The van der Waals surface area contributed by atoms with Gasteiger partial charge < -0.3 is 24.8 Å². The van der Waals surface area contributed by atoms with Crippen LogP contribution in [0.3, 0.4) is 0 Å². The van der Waals surface area contributed by atoms with E-state index in [4.69, 9.17) is 14.2 Å². The van der Waals surface area contributed by atoms with Crippen LogP contribution in [-0.2, 0) is 14.3 Å². The van der Waals surface area contributed by atoms with Gasteiger partial charge in [0.25, 0.3) is 5.69 Å². The molecule has 1 aromatic rings. The summed E-state index contributed by atoms with van der Waals surface area (Å²) in [5.41, 5.74) is -1.50. The minimum atomic E-state index is -1.02. The molecule has 0 heterocycles. The van der Waals surface area contributed by atoms with Crippen molar-refractivity contribution in [2.75, 3.05) is 6.54 Å². The Balaban J connectivity index is 0.00000562. The molecular formula is C24H39N3O8. The van der Waals surface area contributed by atoms with E-state index in [1.54, 1.807) is 41.5 Å². The van der Waals surface area contributed by atoms with Gasteiger partial charge in [0.1, 0.15) is 23.0 Å². The average Bonchev–Trinajstić information content (AvgIpc) is 2.71. The first-order valence-corrected chi connectivity index (χ1v) is 11.6. The Hall–Kier alpha value is -3.37. The number of esters is 1. The number of nitrogens with zero attached hydrogens (tertiary/aromatic N) is 1. The second kappa shape index (κ2) is 14.8. The topological polar surface area (TPSA) is 146 Å². The van der Waals surface area contributed by atoms with E-state index in [1.807, 2.05) is 13.8 Å². The molecule has 0 aromatic heterocycles. The van der Waals surface area contributed by atoms with E-state index in [9.17, 15) is 24.5 Å². The molecule has 11 heteroatoms. The molecule has 0 fully saturated rings. The number of benzene rings is 1. The van der Waals surface area contributed by atoms with Gasteiger partial charge in [-0.2, -0.15) is 0 Å². The van der Waals surface area contributed by atoms with Crippen molar-refractivity contribution in [2.24, 2.45) is 0 Å². The fraction of sp³-hybridized carbons (Fsp3) is 0.625. The molecule has 1 rings (SSSR count). The second-order valence-corrected chi connectivity index (χ2v) is 9.30. The van der Waals surface area contributed by atoms with Crippen molar-refractivity contribution in [3.05, 3.63) is 34.4 Å². The Labute approximate surface area is 207 Å². The van der Waals surface area contributed by atoms with Crippen LogP contribution in [0.25, 0.3) is 0 Å². The molecule has 0 aliphatic rings. The molecule has 0 saturated carbocycles. The first-order chi connectivity index (χ1) is 16.2. The number of rotatable bonds is 9. The van der Waals surface area contributed by atoms with E-state index >= 15 is 0 Å². The number of unbranched alkanes of at least 4 members (excludes halogenated alkanes) is 1. The van der Waals surface area contributed by atoms with E-state index in [2.05, 4.69) is 10.6 Å². The smallest absolute Gasteiger partial charge is 0.408 e. The highest BCUT2D eigenvalue weighted by Gasteiger charge is 2.26. The maximum absolute atomic E-state index is 12.6. The molecule has 0 bridgehead atoms. The summed E-state index contributed by atoms with van der Waals surface area (Å²) in [6, 6.07) is 4.00. The monoisotopic (exact) mass is 497 g/mol. The minimum absolute atomic E-state index is 0.105. The number of carbonyl (C=O) groups is 3. The Morgan fingerprint density at radius 2 is 1.43 bits per heavy atom. The Bertz CT molecular complexity index is 827. The number of carbonyl (C=O) groups excluding carboxylic acids is 3. The van der Waals surface area contributed by atoms with Crippen LogP contribution < -0.4 is 15.4 Å². The number of ether oxygens (including phenoxy) is 3. The summed E-state index contributed by atoms with van der Waals surface area (Å²) in [4.78, 5) is 46.7. The summed E-state index contributed by atoms with van der Waals surface area (Å²) >= 11 is 0. The lowest BCUT2D eigenvalue weighted by atomic mass is 10.1. The molecule has 0 aliphatic heterocycles. The van der Waals surface area contributed by atoms with Crippen molar-refractivity contribution in [2.45, 2.75) is 91.9 Å². The number of amides is 2. The Morgan fingerprint density at radius 3 is 1.91 bits per heavy atom. The van der Waals surface area contributed by atoms with E-state index in [0.29, 0.717) is 19.4 Å². The van der Waals surface area contributed by atoms with Gasteiger partial charge in [-0.25, -0.2) is 14.4 Å². The lowest BCUT2D eigenvalue weighted by Gasteiger charge is -2.23. The Morgan fingerprint density at radius 1 is 0.914 bits per heavy atom. The molecular weight excluding hydrogens is 458 g/mol. The van der Waals surface area contributed by atoms with Crippen LogP contribution >= 0.6 is 0 Å². The fourth-order valence-corrected chi connectivity index (χ4v) is 2.50. The predicted molar refractivity (Wildman–Crippen MR) is 131 cm³/mol. The molecule has 0 spiro atoms. The van der Waals surface area contributed by atoms with Crippen molar-refractivity contribution in [3.63, 3.8) is 0 Å². The fourth-order valence-electron chi connectivity index (χ4n) is 2.50. The molecule has 198 valence electrons. The highest BCUT2D eigenvalue weighted by atomic mass is 16.6. The van der Waals surface area contributed by atoms with Crippen molar-refractivity contribution in [3.8, 4) is 5.75 Å². The molecule has 2 amide bonds.